The van der Waals surface area contributed by atoms with Crippen LogP contribution in [0, 0.1) is 0 Å². The zero-order valence-corrected chi connectivity index (χ0v) is 14.1. The molecule has 0 N–H and O–H groups in total. The van der Waals surface area contributed by atoms with Crippen molar-refractivity contribution >= 4 is 11.6 Å². The summed E-state index contributed by atoms with van der Waals surface area (Å²) in [4.78, 5) is 6.51. The summed E-state index contributed by atoms with van der Waals surface area (Å²) in [5, 5.41) is 4.48. The minimum Gasteiger partial charge on any atom is -0.493 e. The summed E-state index contributed by atoms with van der Waals surface area (Å²) in [7, 11) is 7.05. The third kappa shape index (κ3) is 3.18. The van der Waals surface area contributed by atoms with Gasteiger partial charge in [0, 0.05) is 5.56 Å². The smallest absolute Gasteiger partial charge is 0.244 e. The number of methoxy groups -OCH3 is 2. The van der Waals surface area contributed by atoms with Crippen LogP contribution in [0.2, 0.25) is 5.02 Å². The average molecular weight is 326 g/mol. The van der Waals surface area contributed by atoms with E-state index in [2.05, 4.69) is 17.1 Å². The normalized spacial score (nSPS) is 12.5. The van der Waals surface area contributed by atoms with E-state index in [-0.39, 0.29) is 6.04 Å². The number of aromatic nitrogens is 2. The van der Waals surface area contributed by atoms with Gasteiger partial charge in [-0.3, -0.25) is 4.90 Å². The number of rotatable bonds is 6. The molecule has 0 aliphatic carbocycles. The highest BCUT2D eigenvalue weighted by molar-refractivity contribution is 6.32. The second-order valence-corrected chi connectivity index (χ2v) is 5.44. The van der Waals surface area contributed by atoms with Crippen LogP contribution in [-0.4, -0.2) is 43.4 Å². The third-order valence-corrected chi connectivity index (χ3v) is 3.71. The first-order valence-electron chi connectivity index (χ1n) is 6.93. The molecule has 120 valence electrons. The maximum atomic E-state index is 6.21. The van der Waals surface area contributed by atoms with Crippen LogP contribution in [0.5, 0.6) is 11.5 Å². The Kier molecular flexibility index (Phi) is 5.26. The fourth-order valence-corrected chi connectivity index (χ4v) is 2.58. The van der Waals surface area contributed by atoms with Crippen LogP contribution in [0.1, 0.15) is 25.3 Å². The van der Waals surface area contributed by atoms with Crippen molar-refractivity contribution < 1.29 is 14.0 Å². The lowest BCUT2D eigenvalue weighted by Crippen LogP contribution is -2.19. The van der Waals surface area contributed by atoms with Crippen LogP contribution in [-0.2, 0) is 0 Å². The second-order valence-electron chi connectivity index (χ2n) is 5.04. The molecule has 6 nitrogen and oxygen atoms in total. The van der Waals surface area contributed by atoms with Gasteiger partial charge in [0.15, 0.2) is 11.5 Å². The molecule has 0 amide bonds. The van der Waals surface area contributed by atoms with Crippen molar-refractivity contribution in [2.75, 3.05) is 28.3 Å². The van der Waals surface area contributed by atoms with Crippen LogP contribution in [0.15, 0.2) is 16.7 Å². The molecule has 1 atom stereocenters. The Bertz CT molecular complexity index is 643. The standard InChI is InChI=1S/C15H20ClN3O3/c1-6-11(19(2)3)15-17-14(18-22-15)9-7-10(16)13(21-5)12(8-9)20-4/h7-8,11H,6H2,1-5H3/t11-/m0/s1. The summed E-state index contributed by atoms with van der Waals surface area (Å²) in [6.45, 7) is 2.07. The molecule has 0 radical (unpaired) electrons. The van der Waals surface area contributed by atoms with Gasteiger partial charge in [-0.1, -0.05) is 23.7 Å². The van der Waals surface area contributed by atoms with Crippen molar-refractivity contribution in [3.05, 3.63) is 23.0 Å². The van der Waals surface area contributed by atoms with Gasteiger partial charge < -0.3 is 14.0 Å². The number of hydrogen-bond acceptors (Lipinski definition) is 6. The monoisotopic (exact) mass is 325 g/mol. The third-order valence-electron chi connectivity index (χ3n) is 3.43. The topological polar surface area (TPSA) is 60.6 Å². The lowest BCUT2D eigenvalue weighted by atomic mass is 10.2. The Labute approximate surface area is 135 Å². The summed E-state index contributed by atoms with van der Waals surface area (Å²) in [6.07, 6.45) is 0.876. The van der Waals surface area contributed by atoms with Gasteiger partial charge >= 0.3 is 0 Å². The van der Waals surface area contributed by atoms with Crippen LogP contribution >= 0.6 is 11.6 Å². The number of hydrogen-bond donors (Lipinski definition) is 0. The lowest BCUT2D eigenvalue weighted by Gasteiger charge is -2.18. The zero-order chi connectivity index (χ0) is 16.3. The molecule has 0 aliphatic heterocycles. The first kappa shape index (κ1) is 16.6. The van der Waals surface area contributed by atoms with Crippen molar-refractivity contribution in [3.8, 4) is 22.9 Å². The number of nitrogens with zero attached hydrogens (tertiary/aromatic N) is 3. The summed E-state index contributed by atoms with van der Waals surface area (Å²) in [5.74, 6) is 2.05. The van der Waals surface area contributed by atoms with E-state index in [1.807, 2.05) is 19.0 Å². The van der Waals surface area contributed by atoms with E-state index in [1.54, 1.807) is 26.4 Å². The SMILES string of the molecule is CC[C@@H](c1nc(-c2cc(Cl)c(OC)c(OC)c2)no1)N(C)C. The van der Waals surface area contributed by atoms with E-state index in [4.69, 9.17) is 25.6 Å². The fourth-order valence-electron chi connectivity index (χ4n) is 2.30. The van der Waals surface area contributed by atoms with E-state index >= 15 is 0 Å². The molecule has 0 unspecified atom stereocenters. The molecule has 0 spiro atoms. The van der Waals surface area contributed by atoms with E-state index < -0.39 is 0 Å². The van der Waals surface area contributed by atoms with E-state index in [0.717, 1.165) is 6.42 Å². The highest BCUT2D eigenvalue weighted by Crippen LogP contribution is 2.38. The first-order chi connectivity index (χ1) is 10.5. The molecule has 1 heterocycles. The molecule has 22 heavy (non-hydrogen) atoms. The molecule has 7 heteroatoms. The summed E-state index contributed by atoms with van der Waals surface area (Å²) >= 11 is 6.21. The molecule has 0 saturated carbocycles. The molecule has 1 aromatic carbocycles. The molecule has 2 rings (SSSR count). The van der Waals surface area contributed by atoms with E-state index in [1.165, 1.54) is 0 Å². The maximum absolute atomic E-state index is 6.21. The Morgan fingerprint density at radius 3 is 2.55 bits per heavy atom. The molecule has 1 aromatic heterocycles. The number of benzene rings is 1. The Hall–Kier alpha value is -1.79. The van der Waals surface area contributed by atoms with Gasteiger partial charge in [-0.2, -0.15) is 4.98 Å². The van der Waals surface area contributed by atoms with Crippen molar-refractivity contribution in [1.82, 2.24) is 15.0 Å². The fraction of sp³-hybridized carbons (Fsp3) is 0.467. The van der Waals surface area contributed by atoms with Crippen LogP contribution in [0.3, 0.4) is 0 Å². The largest absolute Gasteiger partial charge is 0.493 e. The molecule has 0 fully saturated rings. The lowest BCUT2D eigenvalue weighted by molar-refractivity contribution is 0.224. The Balaban J connectivity index is 2.41. The molecule has 0 saturated heterocycles. The first-order valence-corrected chi connectivity index (χ1v) is 7.31. The van der Waals surface area contributed by atoms with Crippen molar-refractivity contribution in [2.24, 2.45) is 0 Å². The van der Waals surface area contributed by atoms with E-state index in [9.17, 15) is 0 Å². The number of halogens is 1. The second kappa shape index (κ2) is 6.98. The van der Waals surface area contributed by atoms with Crippen LogP contribution < -0.4 is 9.47 Å². The summed E-state index contributed by atoms with van der Waals surface area (Å²) < 4.78 is 15.9. The molecule has 2 aromatic rings. The Morgan fingerprint density at radius 1 is 1.27 bits per heavy atom. The predicted molar refractivity (Wildman–Crippen MR) is 84.6 cm³/mol. The average Bonchev–Trinajstić information content (AvgIpc) is 2.96. The maximum Gasteiger partial charge on any atom is 0.244 e. The van der Waals surface area contributed by atoms with Crippen LogP contribution in [0.25, 0.3) is 11.4 Å². The zero-order valence-electron chi connectivity index (χ0n) is 13.4. The minimum atomic E-state index is 0.0804. The van der Waals surface area contributed by atoms with Crippen molar-refractivity contribution in [1.29, 1.82) is 0 Å². The minimum absolute atomic E-state index is 0.0804. The van der Waals surface area contributed by atoms with Gasteiger partial charge in [0.2, 0.25) is 11.7 Å². The van der Waals surface area contributed by atoms with Gasteiger partial charge in [0.1, 0.15) is 0 Å². The van der Waals surface area contributed by atoms with Crippen molar-refractivity contribution in [3.63, 3.8) is 0 Å². The van der Waals surface area contributed by atoms with Gasteiger partial charge in [0.25, 0.3) is 0 Å². The quantitative estimate of drug-likeness (QED) is 0.811. The highest BCUT2D eigenvalue weighted by Gasteiger charge is 2.21. The van der Waals surface area contributed by atoms with Gasteiger partial charge in [-0.25, -0.2) is 0 Å². The Morgan fingerprint density at radius 2 is 2.00 bits per heavy atom. The highest BCUT2D eigenvalue weighted by atomic mass is 35.5. The molecule has 0 bridgehead atoms. The number of ether oxygens (including phenoxy) is 2. The van der Waals surface area contributed by atoms with Crippen LogP contribution in [0.4, 0.5) is 0 Å². The molecular weight excluding hydrogens is 306 g/mol. The van der Waals surface area contributed by atoms with Gasteiger partial charge in [0.05, 0.1) is 25.3 Å². The molecule has 0 aliphatic rings. The summed E-state index contributed by atoms with van der Waals surface area (Å²) in [5.41, 5.74) is 0.714. The van der Waals surface area contributed by atoms with Gasteiger partial charge in [-0.05, 0) is 32.6 Å². The predicted octanol–water partition coefficient (Wildman–Crippen LogP) is 3.42. The van der Waals surface area contributed by atoms with Crippen molar-refractivity contribution in [2.45, 2.75) is 19.4 Å². The summed E-state index contributed by atoms with van der Waals surface area (Å²) in [6, 6.07) is 3.58. The van der Waals surface area contributed by atoms with Gasteiger partial charge in [-0.15, -0.1) is 0 Å². The molecular formula is C15H20ClN3O3. The van der Waals surface area contributed by atoms with E-state index in [0.29, 0.717) is 33.8 Å².